The number of carbonyl (C=O) groups excluding carboxylic acids is 1. The SMILES string of the molecule is Cc1cccc(F)c1NC(=O)C1CCCC(C(=O)O)C1. The van der Waals surface area contributed by atoms with Gasteiger partial charge in [0.15, 0.2) is 0 Å². The van der Waals surface area contributed by atoms with Gasteiger partial charge in [-0.3, -0.25) is 9.59 Å². The maximum atomic E-state index is 13.7. The first-order valence-electron chi connectivity index (χ1n) is 6.78. The Bertz CT molecular complexity index is 510. The van der Waals surface area contributed by atoms with E-state index in [2.05, 4.69) is 5.32 Å². The molecule has 2 atom stereocenters. The van der Waals surface area contributed by atoms with Gasteiger partial charge in [0.05, 0.1) is 11.6 Å². The zero-order valence-corrected chi connectivity index (χ0v) is 11.4. The van der Waals surface area contributed by atoms with E-state index < -0.39 is 17.7 Å². The molecule has 1 saturated carbocycles. The number of carbonyl (C=O) groups is 2. The zero-order valence-electron chi connectivity index (χ0n) is 11.4. The van der Waals surface area contributed by atoms with Crippen LogP contribution < -0.4 is 5.32 Å². The summed E-state index contributed by atoms with van der Waals surface area (Å²) in [6, 6.07) is 4.60. The smallest absolute Gasteiger partial charge is 0.306 e. The average molecular weight is 279 g/mol. The van der Waals surface area contributed by atoms with Gasteiger partial charge in [-0.15, -0.1) is 0 Å². The van der Waals surface area contributed by atoms with E-state index in [1.807, 2.05) is 0 Å². The minimum absolute atomic E-state index is 0.190. The van der Waals surface area contributed by atoms with Gasteiger partial charge in [0.1, 0.15) is 5.82 Å². The molecule has 2 rings (SSSR count). The molecule has 1 amide bonds. The standard InChI is InChI=1S/C15H18FNO3/c1-9-4-2-7-12(16)13(9)17-14(18)10-5-3-6-11(8-10)15(19)20/h2,4,7,10-11H,3,5-6,8H2,1H3,(H,17,18)(H,19,20). The normalized spacial score (nSPS) is 22.3. The number of nitrogens with one attached hydrogen (secondary N) is 1. The highest BCUT2D eigenvalue weighted by Gasteiger charge is 2.31. The molecule has 5 heteroatoms. The van der Waals surface area contributed by atoms with Crippen LogP contribution in [0.3, 0.4) is 0 Å². The minimum Gasteiger partial charge on any atom is -0.481 e. The van der Waals surface area contributed by atoms with Crippen LogP contribution in [-0.2, 0) is 9.59 Å². The summed E-state index contributed by atoms with van der Waals surface area (Å²) in [5.74, 6) is -2.44. The number of aryl methyl sites for hydroxylation is 1. The molecule has 1 aliphatic rings. The molecule has 108 valence electrons. The van der Waals surface area contributed by atoms with E-state index >= 15 is 0 Å². The lowest BCUT2D eigenvalue weighted by Crippen LogP contribution is -2.31. The second-order valence-electron chi connectivity index (χ2n) is 5.32. The van der Waals surface area contributed by atoms with Gasteiger partial charge in [0.2, 0.25) is 5.91 Å². The largest absolute Gasteiger partial charge is 0.481 e. The fourth-order valence-electron chi connectivity index (χ4n) is 2.67. The van der Waals surface area contributed by atoms with Crippen LogP contribution >= 0.6 is 0 Å². The van der Waals surface area contributed by atoms with E-state index in [1.54, 1.807) is 19.1 Å². The van der Waals surface area contributed by atoms with Crippen molar-refractivity contribution in [1.29, 1.82) is 0 Å². The van der Waals surface area contributed by atoms with E-state index in [0.717, 1.165) is 0 Å². The number of carboxylic acid groups (broad SMARTS) is 1. The van der Waals surface area contributed by atoms with Crippen molar-refractivity contribution in [2.45, 2.75) is 32.6 Å². The van der Waals surface area contributed by atoms with E-state index in [0.29, 0.717) is 31.2 Å². The lowest BCUT2D eigenvalue weighted by Gasteiger charge is -2.26. The molecule has 2 unspecified atom stereocenters. The molecule has 0 saturated heterocycles. The highest BCUT2D eigenvalue weighted by molar-refractivity contribution is 5.93. The van der Waals surface area contributed by atoms with Crippen LogP contribution in [0.15, 0.2) is 18.2 Å². The Morgan fingerprint density at radius 3 is 2.65 bits per heavy atom. The van der Waals surface area contributed by atoms with Crippen molar-refractivity contribution in [1.82, 2.24) is 0 Å². The molecular weight excluding hydrogens is 261 g/mol. The van der Waals surface area contributed by atoms with Gasteiger partial charge in [0.25, 0.3) is 0 Å². The van der Waals surface area contributed by atoms with Crippen LogP contribution in [0, 0.1) is 24.6 Å². The second-order valence-corrected chi connectivity index (χ2v) is 5.32. The quantitative estimate of drug-likeness (QED) is 0.894. The molecule has 20 heavy (non-hydrogen) atoms. The van der Waals surface area contributed by atoms with Crippen molar-refractivity contribution in [2.75, 3.05) is 5.32 Å². The van der Waals surface area contributed by atoms with Crippen molar-refractivity contribution in [3.63, 3.8) is 0 Å². The van der Waals surface area contributed by atoms with Crippen LogP contribution in [0.1, 0.15) is 31.2 Å². The lowest BCUT2D eigenvalue weighted by atomic mass is 9.81. The maximum absolute atomic E-state index is 13.7. The number of para-hydroxylation sites is 1. The summed E-state index contributed by atoms with van der Waals surface area (Å²) in [6.45, 7) is 1.72. The third-order valence-corrected chi connectivity index (χ3v) is 3.86. The number of hydrogen-bond donors (Lipinski definition) is 2. The summed E-state index contributed by atoms with van der Waals surface area (Å²) in [6.07, 6.45) is 2.31. The van der Waals surface area contributed by atoms with E-state index in [1.165, 1.54) is 6.07 Å². The van der Waals surface area contributed by atoms with Crippen molar-refractivity contribution in [2.24, 2.45) is 11.8 Å². The summed E-state index contributed by atoms with van der Waals surface area (Å²) in [7, 11) is 0. The van der Waals surface area contributed by atoms with Crippen LogP contribution in [0.4, 0.5) is 10.1 Å². The molecular formula is C15H18FNO3. The van der Waals surface area contributed by atoms with Crippen LogP contribution in [0.2, 0.25) is 0 Å². The molecule has 1 aromatic rings. The second kappa shape index (κ2) is 6.03. The zero-order chi connectivity index (χ0) is 14.7. The van der Waals surface area contributed by atoms with Crippen molar-refractivity contribution < 1.29 is 19.1 Å². The highest BCUT2D eigenvalue weighted by atomic mass is 19.1. The number of aliphatic carboxylic acids is 1. The number of halogens is 1. The topological polar surface area (TPSA) is 66.4 Å². The number of amides is 1. The first-order valence-corrected chi connectivity index (χ1v) is 6.78. The Kier molecular flexibility index (Phi) is 4.37. The van der Waals surface area contributed by atoms with Gasteiger partial charge in [-0.25, -0.2) is 4.39 Å². The molecule has 0 heterocycles. The molecule has 0 bridgehead atoms. The van der Waals surface area contributed by atoms with Crippen LogP contribution in [0.5, 0.6) is 0 Å². The lowest BCUT2D eigenvalue weighted by molar-refractivity contribution is -0.143. The van der Waals surface area contributed by atoms with Crippen LogP contribution in [0.25, 0.3) is 0 Å². The Hall–Kier alpha value is -1.91. The van der Waals surface area contributed by atoms with Gasteiger partial charge in [0, 0.05) is 5.92 Å². The Morgan fingerprint density at radius 2 is 2.00 bits per heavy atom. The predicted molar refractivity (Wildman–Crippen MR) is 72.9 cm³/mol. The van der Waals surface area contributed by atoms with Crippen molar-refractivity contribution in [3.8, 4) is 0 Å². The first kappa shape index (κ1) is 14.5. The molecule has 2 N–H and O–H groups in total. The summed E-state index contributed by atoms with van der Waals surface area (Å²) in [5, 5.41) is 11.6. The van der Waals surface area contributed by atoms with E-state index in [9.17, 15) is 14.0 Å². The average Bonchev–Trinajstić information content (AvgIpc) is 2.43. The number of carboxylic acids is 1. The van der Waals surface area contributed by atoms with Gasteiger partial charge < -0.3 is 10.4 Å². The Balaban J connectivity index is 2.06. The molecule has 0 aromatic heterocycles. The molecule has 1 aliphatic carbocycles. The van der Waals surface area contributed by atoms with Gasteiger partial charge in [-0.2, -0.15) is 0 Å². The summed E-state index contributed by atoms with van der Waals surface area (Å²) >= 11 is 0. The molecule has 1 fully saturated rings. The third-order valence-electron chi connectivity index (χ3n) is 3.86. The van der Waals surface area contributed by atoms with Crippen molar-refractivity contribution >= 4 is 17.6 Å². The fourth-order valence-corrected chi connectivity index (χ4v) is 2.67. The molecule has 0 aliphatic heterocycles. The van der Waals surface area contributed by atoms with Crippen LogP contribution in [-0.4, -0.2) is 17.0 Å². The fraction of sp³-hybridized carbons (Fsp3) is 0.467. The minimum atomic E-state index is -0.857. The molecule has 0 radical (unpaired) electrons. The number of benzene rings is 1. The first-order chi connectivity index (χ1) is 9.49. The summed E-state index contributed by atoms with van der Waals surface area (Å²) in [5.41, 5.74) is 0.846. The summed E-state index contributed by atoms with van der Waals surface area (Å²) < 4.78 is 13.7. The highest BCUT2D eigenvalue weighted by Crippen LogP contribution is 2.30. The third kappa shape index (κ3) is 3.15. The number of anilines is 1. The van der Waals surface area contributed by atoms with Crippen molar-refractivity contribution in [3.05, 3.63) is 29.6 Å². The predicted octanol–water partition coefficient (Wildman–Crippen LogP) is 2.96. The van der Waals surface area contributed by atoms with E-state index in [4.69, 9.17) is 5.11 Å². The molecule has 1 aromatic carbocycles. The maximum Gasteiger partial charge on any atom is 0.306 e. The molecule has 4 nitrogen and oxygen atoms in total. The van der Waals surface area contributed by atoms with Gasteiger partial charge >= 0.3 is 5.97 Å². The Morgan fingerprint density at radius 1 is 1.30 bits per heavy atom. The summed E-state index contributed by atoms with van der Waals surface area (Å²) in [4.78, 5) is 23.2. The number of hydrogen-bond acceptors (Lipinski definition) is 2. The molecule has 0 spiro atoms. The number of rotatable bonds is 3. The van der Waals surface area contributed by atoms with Gasteiger partial charge in [-0.05, 0) is 37.8 Å². The monoisotopic (exact) mass is 279 g/mol. The van der Waals surface area contributed by atoms with E-state index in [-0.39, 0.29) is 17.5 Å². The Labute approximate surface area is 117 Å². The van der Waals surface area contributed by atoms with Gasteiger partial charge in [-0.1, -0.05) is 18.6 Å².